The minimum Gasteiger partial charge on any atom is -0.380 e. The Kier molecular flexibility index (Phi) is 5.22. The van der Waals surface area contributed by atoms with Crippen LogP contribution in [-0.2, 0) is 4.74 Å². The summed E-state index contributed by atoms with van der Waals surface area (Å²) >= 11 is 0. The van der Waals surface area contributed by atoms with E-state index in [0.717, 1.165) is 13.0 Å². The highest BCUT2D eigenvalue weighted by Crippen LogP contribution is 2.22. The van der Waals surface area contributed by atoms with Gasteiger partial charge in [-0.05, 0) is 37.6 Å². The minimum absolute atomic E-state index is 0.206. The molecule has 0 aromatic carbocycles. The van der Waals surface area contributed by atoms with E-state index in [1.807, 2.05) is 7.11 Å². The van der Waals surface area contributed by atoms with Gasteiger partial charge in [0.25, 0.3) is 0 Å². The summed E-state index contributed by atoms with van der Waals surface area (Å²) in [5, 5.41) is 3.58. The summed E-state index contributed by atoms with van der Waals surface area (Å²) in [5.41, 5.74) is 6.34. The third kappa shape index (κ3) is 4.04. The Hall–Kier alpha value is -0.120. The summed E-state index contributed by atoms with van der Waals surface area (Å²) in [7, 11) is 1.81. The second-order valence-corrected chi connectivity index (χ2v) is 6.03. The van der Waals surface area contributed by atoms with Crippen LogP contribution in [0.5, 0.6) is 0 Å². The maximum Gasteiger partial charge on any atom is 0.0724 e. The molecule has 1 rings (SSSR count). The lowest BCUT2D eigenvalue weighted by Crippen LogP contribution is -2.42. The monoisotopic (exact) mass is 228 g/mol. The van der Waals surface area contributed by atoms with Crippen LogP contribution in [0.2, 0.25) is 0 Å². The Labute approximate surface area is 100 Å². The normalized spacial score (nSPS) is 28.3. The molecule has 0 aliphatic heterocycles. The SMILES string of the molecule is COC1CCCC1NCCC(N)C(C)(C)C. The van der Waals surface area contributed by atoms with E-state index in [0.29, 0.717) is 12.1 Å². The number of rotatable bonds is 5. The number of methoxy groups -OCH3 is 1. The van der Waals surface area contributed by atoms with Gasteiger partial charge in [0.15, 0.2) is 0 Å². The zero-order valence-electron chi connectivity index (χ0n) is 11.3. The molecule has 3 N–H and O–H groups in total. The predicted octanol–water partition coefficient (Wildman–Crippen LogP) is 1.91. The standard InChI is InChI=1S/C13H28N2O/c1-13(2,3)12(14)8-9-15-10-6-5-7-11(10)16-4/h10-12,15H,5-9,14H2,1-4H3. The predicted molar refractivity (Wildman–Crippen MR) is 68.5 cm³/mol. The quantitative estimate of drug-likeness (QED) is 0.755. The summed E-state index contributed by atoms with van der Waals surface area (Å²) in [5.74, 6) is 0. The lowest BCUT2D eigenvalue weighted by molar-refractivity contribution is 0.0846. The lowest BCUT2D eigenvalue weighted by Gasteiger charge is -2.28. The molecule has 96 valence electrons. The van der Waals surface area contributed by atoms with Crippen molar-refractivity contribution in [3.8, 4) is 0 Å². The zero-order valence-corrected chi connectivity index (χ0v) is 11.3. The summed E-state index contributed by atoms with van der Waals surface area (Å²) in [6, 6.07) is 0.805. The second kappa shape index (κ2) is 5.99. The third-order valence-corrected chi connectivity index (χ3v) is 3.73. The Morgan fingerprint density at radius 3 is 2.62 bits per heavy atom. The minimum atomic E-state index is 0.206. The molecule has 3 unspecified atom stereocenters. The average molecular weight is 228 g/mol. The maximum absolute atomic E-state index is 6.13. The molecule has 0 aromatic heterocycles. The van der Waals surface area contributed by atoms with Gasteiger partial charge in [-0.1, -0.05) is 20.8 Å². The molecule has 1 aliphatic carbocycles. The van der Waals surface area contributed by atoms with E-state index in [-0.39, 0.29) is 11.5 Å². The van der Waals surface area contributed by atoms with Crippen molar-refractivity contribution >= 4 is 0 Å². The molecule has 3 heteroatoms. The van der Waals surface area contributed by atoms with E-state index in [9.17, 15) is 0 Å². The molecule has 0 heterocycles. The highest BCUT2D eigenvalue weighted by atomic mass is 16.5. The molecule has 1 saturated carbocycles. The highest BCUT2D eigenvalue weighted by Gasteiger charge is 2.27. The van der Waals surface area contributed by atoms with Gasteiger partial charge in [0.1, 0.15) is 0 Å². The molecule has 1 aliphatic rings. The Morgan fingerprint density at radius 1 is 1.38 bits per heavy atom. The van der Waals surface area contributed by atoms with Crippen molar-refractivity contribution < 1.29 is 4.74 Å². The van der Waals surface area contributed by atoms with Gasteiger partial charge in [0.05, 0.1) is 6.10 Å². The van der Waals surface area contributed by atoms with Gasteiger partial charge < -0.3 is 15.8 Å². The Balaban J connectivity index is 2.20. The van der Waals surface area contributed by atoms with Gasteiger partial charge >= 0.3 is 0 Å². The summed E-state index contributed by atoms with van der Waals surface area (Å²) in [4.78, 5) is 0. The van der Waals surface area contributed by atoms with Gasteiger partial charge in [-0.3, -0.25) is 0 Å². The van der Waals surface area contributed by atoms with Crippen LogP contribution < -0.4 is 11.1 Å². The van der Waals surface area contributed by atoms with Gasteiger partial charge in [-0.2, -0.15) is 0 Å². The number of hydrogen-bond acceptors (Lipinski definition) is 3. The fraction of sp³-hybridized carbons (Fsp3) is 1.00. The van der Waals surface area contributed by atoms with Crippen molar-refractivity contribution in [1.29, 1.82) is 0 Å². The average Bonchev–Trinajstić information content (AvgIpc) is 2.63. The number of ether oxygens (including phenoxy) is 1. The largest absolute Gasteiger partial charge is 0.380 e. The van der Waals surface area contributed by atoms with E-state index < -0.39 is 0 Å². The van der Waals surface area contributed by atoms with E-state index in [4.69, 9.17) is 10.5 Å². The highest BCUT2D eigenvalue weighted by molar-refractivity contribution is 4.85. The summed E-state index contributed by atoms with van der Waals surface area (Å²) in [6.07, 6.45) is 5.16. The molecule has 16 heavy (non-hydrogen) atoms. The second-order valence-electron chi connectivity index (χ2n) is 6.03. The molecule has 0 radical (unpaired) electrons. The van der Waals surface area contributed by atoms with E-state index in [1.54, 1.807) is 0 Å². The van der Waals surface area contributed by atoms with E-state index >= 15 is 0 Å². The van der Waals surface area contributed by atoms with Crippen molar-refractivity contribution in [2.45, 2.75) is 64.6 Å². The number of hydrogen-bond donors (Lipinski definition) is 2. The number of nitrogens with one attached hydrogen (secondary N) is 1. The van der Waals surface area contributed by atoms with Gasteiger partial charge in [-0.25, -0.2) is 0 Å². The van der Waals surface area contributed by atoms with Crippen molar-refractivity contribution in [2.24, 2.45) is 11.1 Å². The van der Waals surface area contributed by atoms with Crippen molar-refractivity contribution in [3.63, 3.8) is 0 Å². The van der Waals surface area contributed by atoms with Gasteiger partial charge in [0.2, 0.25) is 0 Å². The van der Waals surface area contributed by atoms with Crippen LogP contribution in [-0.4, -0.2) is 31.8 Å². The first-order chi connectivity index (χ1) is 7.45. The van der Waals surface area contributed by atoms with Crippen molar-refractivity contribution in [1.82, 2.24) is 5.32 Å². The maximum atomic E-state index is 6.13. The number of nitrogens with two attached hydrogens (primary N) is 1. The van der Waals surface area contributed by atoms with E-state index in [1.165, 1.54) is 19.3 Å². The zero-order chi connectivity index (χ0) is 12.2. The first-order valence-corrected chi connectivity index (χ1v) is 6.47. The fourth-order valence-corrected chi connectivity index (χ4v) is 2.30. The van der Waals surface area contributed by atoms with Crippen LogP contribution in [0.25, 0.3) is 0 Å². The van der Waals surface area contributed by atoms with Crippen LogP contribution in [0.3, 0.4) is 0 Å². The summed E-state index contributed by atoms with van der Waals surface area (Å²) in [6.45, 7) is 7.60. The van der Waals surface area contributed by atoms with Gasteiger partial charge in [-0.15, -0.1) is 0 Å². The molecular formula is C13H28N2O. The molecule has 0 saturated heterocycles. The van der Waals surface area contributed by atoms with Crippen LogP contribution >= 0.6 is 0 Å². The molecule has 0 aromatic rings. The molecule has 1 fully saturated rings. The molecule has 3 atom stereocenters. The van der Waals surface area contributed by atoms with Gasteiger partial charge in [0, 0.05) is 19.2 Å². The summed E-state index contributed by atoms with van der Waals surface area (Å²) < 4.78 is 5.45. The molecule has 0 bridgehead atoms. The molecule has 0 spiro atoms. The fourth-order valence-electron chi connectivity index (χ4n) is 2.30. The lowest BCUT2D eigenvalue weighted by atomic mass is 9.85. The molecule has 0 amide bonds. The Morgan fingerprint density at radius 2 is 2.06 bits per heavy atom. The van der Waals surface area contributed by atoms with Crippen molar-refractivity contribution in [3.05, 3.63) is 0 Å². The topological polar surface area (TPSA) is 47.3 Å². The first-order valence-electron chi connectivity index (χ1n) is 6.47. The van der Waals surface area contributed by atoms with Crippen molar-refractivity contribution in [2.75, 3.05) is 13.7 Å². The van der Waals surface area contributed by atoms with Crippen LogP contribution in [0.4, 0.5) is 0 Å². The van der Waals surface area contributed by atoms with Crippen LogP contribution in [0.15, 0.2) is 0 Å². The third-order valence-electron chi connectivity index (χ3n) is 3.73. The van der Waals surface area contributed by atoms with E-state index in [2.05, 4.69) is 26.1 Å². The Bertz CT molecular complexity index is 201. The smallest absolute Gasteiger partial charge is 0.0724 e. The van der Waals surface area contributed by atoms with Crippen LogP contribution in [0.1, 0.15) is 46.5 Å². The molecular weight excluding hydrogens is 200 g/mol. The first kappa shape index (κ1) is 13.9. The van der Waals surface area contributed by atoms with Crippen LogP contribution in [0, 0.1) is 5.41 Å². The molecule has 3 nitrogen and oxygen atoms in total.